The van der Waals surface area contributed by atoms with Crippen LogP contribution in [0.3, 0.4) is 0 Å². The number of alkyl halides is 3. The highest BCUT2D eigenvalue weighted by atomic mass is 19.4. The van der Waals surface area contributed by atoms with Crippen LogP contribution in [0.25, 0.3) is 181 Å². The summed E-state index contributed by atoms with van der Waals surface area (Å²) in [6.45, 7) is 10.9. The van der Waals surface area contributed by atoms with Crippen molar-refractivity contribution in [3.05, 3.63) is 320 Å². The first kappa shape index (κ1) is 54.7. The number of fused-ring (bicyclic) bond motifs is 18. The van der Waals surface area contributed by atoms with Gasteiger partial charge in [-0.25, -0.2) is 4.85 Å². The van der Waals surface area contributed by atoms with Gasteiger partial charge < -0.3 is 27.4 Å². The molecule has 0 N–H and O–H groups in total. The Morgan fingerprint density at radius 3 is 0.794 bits per heavy atom. The molecule has 6 heterocycles. The lowest BCUT2D eigenvalue weighted by Crippen LogP contribution is -2.07. The van der Waals surface area contributed by atoms with Crippen molar-refractivity contribution in [2.45, 2.75) is 13.1 Å². The van der Waals surface area contributed by atoms with Gasteiger partial charge in [0.1, 0.15) is 0 Å². The van der Waals surface area contributed by atoms with Crippen molar-refractivity contribution in [3.63, 3.8) is 0 Å². The normalized spacial score (nSPS) is 12.3. The van der Waals surface area contributed by atoms with Crippen molar-refractivity contribution < 1.29 is 13.2 Å². The second-order valence-corrected chi connectivity index (χ2v) is 25.5. The summed E-state index contributed by atoms with van der Waals surface area (Å²) in [5.41, 5.74) is 17.4. The van der Waals surface area contributed by atoms with Crippen molar-refractivity contribution in [1.29, 1.82) is 0 Å². The molecule has 7 nitrogen and oxygen atoms in total. The fourth-order valence-corrected chi connectivity index (χ4v) is 16.2. The van der Waals surface area contributed by atoms with Gasteiger partial charge in [0, 0.05) is 87.4 Å². The van der Waals surface area contributed by atoms with E-state index in [9.17, 15) is 6.57 Å². The molecule has 0 fully saturated rings. The minimum absolute atomic E-state index is 0.197. The van der Waals surface area contributed by atoms with Crippen LogP contribution in [-0.2, 0) is 6.18 Å². The molecule has 0 saturated carbocycles. The Morgan fingerprint density at radius 1 is 0.268 bits per heavy atom. The van der Waals surface area contributed by atoms with Gasteiger partial charge in [-0.2, -0.15) is 13.2 Å². The van der Waals surface area contributed by atoms with Crippen molar-refractivity contribution >= 4 is 137 Å². The van der Waals surface area contributed by atoms with Gasteiger partial charge in [-0.3, -0.25) is 0 Å². The Bertz CT molecular complexity index is 6290. The summed E-state index contributed by atoms with van der Waals surface area (Å²) in [4.78, 5) is 4.34. The maximum absolute atomic E-state index is 15.3. The summed E-state index contributed by atoms with van der Waals surface area (Å²) in [5, 5.41) is 12.9. The number of hydrogen-bond donors (Lipinski definition) is 0. The second-order valence-electron chi connectivity index (χ2n) is 25.5. The number of halogens is 3. The van der Waals surface area contributed by atoms with Crippen LogP contribution in [0.5, 0.6) is 0 Å². The van der Waals surface area contributed by atoms with Crippen molar-refractivity contribution in [1.82, 2.24) is 27.4 Å². The van der Waals surface area contributed by atoms with Crippen LogP contribution in [0.15, 0.2) is 297 Å². The second kappa shape index (κ2) is 20.3. The number of aromatic nitrogens is 6. The summed E-state index contributed by atoms with van der Waals surface area (Å²) >= 11 is 0. The molecule has 14 aromatic carbocycles. The zero-order chi connectivity index (χ0) is 64.5. The highest BCUT2D eigenvalue weighted by molar-refractivity contribution is 6.17. The molecule has 0 unspecified atom stereocenters. The molecule has 0 aliphatic rings. The third kappa shape index (κ3) is 7.91. The zero-order valence-electron chi connectivity index (χ0n) is 52.1. The fourth-order valence-electron chi connectivity index (χ4n) is 16.2. The number of hydrogen-bond acceptors (Lipinski definition) is 0. The van der Waals surface area contributed by atoms with E-state index >= 15 is 13.2 Å². The minimum atomic E-state index is -4.66. The van der Waals surface area contributed by atoms with E-state index in [4.69, 9.17) is 0 Å². The fraction of sp³-hybridized carbons (Fsp3) is 0.0230. The van der Waals surface area contributed by atoms with E-state index < -0.39 is 11.7 Å². The van der Waals surface area contributed by atoms with Crippen LogP contribution in [0, 0.1) is 13.5 Å². The molecule has 10 heteroatoms. The van der Waals surface area contributed by atoms with E-state index in [0.717, 1.165) is 154 Å². The lowest BCUT2D eigenvalue weighted by atomic mass is 9.97. The number of aryl methyl sites for hydroxylation is 1. The maximum atomic E-state index is 15.3. The topological polar surface area (TPSA) is 33.9 Å². The van der Waals surface area contributed by atoms with Gasteiger partial charge in [0.2, 0.25) is 0 Å². The molecule has 0 bridgehead atoms. The highest BCUT2D eigenvalue weighted by Gasteiger charge is 2.32. The molecule has 0 saturated heterocycles. The first-order chi connectivity index (χ1) is 47.6. The third-order valence-corrected chi connectivity index (χ3v) is 20.2. The standard InChI is InChI=1S/C87H52F3N7/c1-52-43-53(45-54(44-52)87(88,89)90)71-50-85(96-81-46-55(92-73-27-11-3-19-59(73)60-20-4-12-28-74(60)92)35-39-67(81)68-40-36-56(47-82(68)96)93-75-29-13-5-21-61(75)62-22-6-14-30-76(62)93)86(51-72(71)91-2)97-83-48-57(94-77-31-15-7-23-63(77)64-24-8-16-32-78(64)94)37-41-69(83)70-42-38-58(49-84(70)97)95-79-33-17-9-25-65(79)66-26-10-18-34-80(66)95/h3-51H,1H3. The molecule has 20 aromatic rings. The molecule has 6 aromatic heterocycles. The molecule has 97 heavy (non-hydrogen) atoms. The Balaban J connectivity index is 0.970. The van der Waals surface area contributed by atoms with Gasteiger partial charge in [-0.15, -0.1) is 0 Å². The lowest BCUT2D eigenvalue weighted by molar-refractivity contribution is -0.137. The summed E-state index contributed by atoms with van der Waals surface area (Å²) in [6, 6.07) is 103. The quantitative estimate of drug-likeness (QED) is 0.143. The molecular weight excluding hydrogens is 1200 g/mol. The minimum Gasteiger partial charge on any atom is -0.309 e. The molecule has 0 aliphatic carbocycles. The Hall–Kier alpha value is -12.8. The number of para-hydroxylation sites is 8. The predicted molar refractivity (Wildman–Crippen MR) is 394 cm³/mol. The number of benzene rings is 14. The van der Waals surface area contributed by atoms with Gasteiger partial charge in [0.25, 0.3) is 0 Å². The van der Waals surface area contributed by atoms with Gasteiger partial charge in [-0.1, -0.05) is 176 Å². The van der Waals surface area contributed by atoms with E-state index in [-0.39, 0.29) is 11.3 Å². The molecule has 20 rings (SSSR count). The van der Waals surface area contributed by atoms with Crippen molar-refractivity contribution in [3.8, 4) is 45.3 Å². The first-order valence-electron chi connectivity index (χ1n) is 32.5. The van der Waals surface area contributed by atoms with Gasteiger partial charge in [0.15, 0.2) is 5.69 Å². The van der Waals surface area contributed by atoms with E-state index in [0.29, 0.717) is 22.5 Å². The average Bonchev–Trinajstić information content (AvgIpc) is 1.57. The summed E-state index contributed by atoms with van der Waals surface area (Å²) < 4.78 is 59.8. The molecule has 0 atom stereocenters. The SMILES string of the molecule is [C-]#[N+]c1cc(-n2c3cc(-n4c5ccccc5c5ccccc54)ccc3c3ccc(-n4c5ccccc5c5ccccc54)cc32)c(-n2c3cc(-n4c5ccccc5c5ccccc54)ccc3c3ccc(-n4c5ccccc5c5ccccc54)cc32)cc1-c1cc(C)cc(C(F)(F)F)c1. The summed E-state index contributed by atoms with van der Waals surface area (Å²) in [6.07, 6.45) is -4.66. The van der Waals surface area contributed by atoms with Crippen LogP contribution >= 0.6 is 0 Å². The largest absolute Gasteiger partial charge is 0.416 e. The lowest BCUT2D eigenvalue weighted by Gasteiger charge is -2.21. The van der Waals surface area contributed by atoms with Gasteiger partial charge in [0.05, 0.1) is 89.7 Å². The van der Waals surface area contributed by atoms with Gasteiger partial charge >= 0.3 is 6.18 Å². The Kier molecular flexibility index (Phi) is 11.5. The van der Waals surface area contributed by atoms with Crippen LogP contribution in [-0.4, -0.2) is 27.4 Å². The zero-order valence-corrected chi connectivity index (χ0v) is 52.1. The Labute approximate surface area is 552 Å². The molecule has 456 valence electrons. The molecule has 0 spiro atoms. The van der Waals surface area contributed by atoms with Crippen molar-refractivity contribution in [2.75, 3.05) is 0 Å². The van der Waals surface area contributed by atoms with Crippen LogP contribution in [0.4, 0.5) is 18.9 Å². The van der Waals surface area contributed by atoms with Crippen LogP contribution in [0.1, 0.15) is 11.1 Å². The van der Waals surface area contributed by atoms with Crippen molar-refractivity contribution in [2.24, 2.45) is 0 Å². The summed E-state index contributed by atoms with van der Waals surface area (Å²) in [5.74, 6) is 0. The monoisotopic (exact) mass is 1250 g/mol. The molecule has 0 amide bonds. The van der Waals surface area contributed by atoms with E-state index in [1.165, 1.54) is 12.1 Å². The van der Waals surface area contributed by atoms with E-state index in [2.05, 4.69) is 299 Å². The first-order valence-corrected chi connectivity index (χ1v) is 32.5. The highest BCUT2D eigenvalue weighted by Crippen LogP contribution is 2.48. The third-order valence-electron chi connectivity index (χ3n) is 20.2. The van der Waals surface area contributed by atoms with Gasteiger partial charge in [-0.05, 0) is 145 Å². The average molecular weight is 1250 g/mol. The molecule has 0 aliphatic heterocycles. The van der Waals surface area contributed by atoms with Crippen LogP contribution in [0.2, 0.25) is 0 Å². The maximum Gasteiger partial charge on any atom is 0.416 e. The number of rotatable bonds is 7. The smallest absolute Gasteiger partial charge is 0.309 e. The number of nitrogens with zero attached hydrogens (tertiary/aromatic N) is 7. The Morgan fingerprint density at radius 2 is 0.526 bits per heavy atom. The predicted octanol–water partition coefficient (Wildman–Crippen LogP) is 23.8. The molecule has 0 radical (unpaired) electrons. The van der Waals surface area contributed by atoms with Crippen LogP contribution < -0.4 is 0 Å². The van der Waals surface area contributed by atoms with E-state index in [1.54, 1.807) is 13.0 Å². The van der Waals surface area contributed by atoms with E-state index in [1.807, 2.05) is 12.1 Å². The molecular formula is C87H52F3N7. The summed E-state index contributed by atoms with van der Waals surface area (Å²) in [7, 11) is 0.